The molecule has 0 saturated carbocycles. The monoisotopic (exact) mass is 961 g/mol. The second-order valence-electron chi connectivity index (χ2n) is 19.7. The van der Waals surface area contributed by atoms with Gasteiger partial charge in [0.15, 0.2) is 6.29 Å². The second-order valence-corrected chi connectivity index (χ2v) is 19.7. The van der Waals surface area contributed by atoms with Crippen LogP contribution in [0.1, 0.15) is 258 Å². The third kappa shape index (κ3) is 39.8. The SMILES string of the molecule is CC/C=C\C/C=C\C/C=C\C/C=C\CCCCCCCCCCCCCCCOCC(COC1OC(CO)C(O)C(O)C1O)OC(=O)CCCCCCCCCCCCCCCCCCCCC. The number of rotatable bonds is 50. The first-order chi connectivity index (χ1) is 33.4. The topological polar surface area (TPSA) is 135 Å². The summed E-state index contributed by atoms with van der Waals surface area (Å²) in [5.41, 5.74) is 0. The van der Waals surface area contributed by atoms with Crippen LogP contribution in [-0.4, -0.2) is 89.6 Å². The highest BCUT2D eigenvalue weighted by atomic mass is 16.7. The van der Waals surface area contributed by atoms with Gasteiger partial charge in [-0.1, -0.05) is 249 Å². The molecule has 0 spiro atoms. The standard InChI is InChI=1S/C59H108O9/c1-3-5-7-9-11-13-15-17-19-21-23-24-25-26-27-28-29-31-33-35-37-39-41-43-45-47-49-65-51-53(52-66-59-58(64)57(63)56(62)54(50-60)68-59)67-55(61)48-46-44-42-40-38-36-34-32-30-22-20-18-16-14-12-10-8-6-4-2/h5,7,11,13,17,19,23-24,53-54,56-60,62-64H,3-4,6,8-10,12,14-16,18,20-22,25-52H2,1-2H3/b7-5-,13-11-,19-17-,24-23-. The van der Waals surface area contributed by atoms with E-state index in [4.69, 9.17) is 18.9 Å². The molecule has 0 bridgehead atoms. The lowest BCUT2D eigenvalue weighted by molar-refractivity contribution is -0.305. The Labute approximate surface area is 418 Å². The van der Waals surface area contributed by atoms with Crippen molar-refractivity contribution in [2.45, 2.75) is 295 Å². The summed E-state index contributed by atoms with van der Waals surface area (Å²) in [6.45, 7) is 4.49. The molecule has 68 heavy (non-hydrogen) atoms. The number of unbranched alkanes of at least 4 members (excludes halogenated alkanes) is 31. The van der Waals surface area contributed by atoms with E-state index in [1.807, 2.05) is 0 Å². The number of hydrogen-bond acceptors (Lipinski definition) is 9. The molecule has 1 aliphatic heterocycles. The van der Waals surface area contributed by atoms with Crippen LogP contribution in [0.2, 0.25) is 0 Å². The zero-order valence-electron chi connectivity index (χ0n) is 44.1. The zero-order chi connectivity index (χ0) is 49.2. The van der Waals surface area contributed by atoms with Crippen molar-refractivity contribution in [3.63, 3.8) is 0 Å². The zero-order valence-corrected chi connectivity index (χ0v) is 44.1. The molecule has 1 rings (SSSR count). The van der Waals surface area contributed by atoms with Crippen molar-refractivity contribution in [1.29, 1.82) is 0 Å². The van der Waals surface area contributed by atoms with Crippen molar-refractivity contribution < 1.29 is 44.2 Å². The molecule has 0 aliphatic carbocycles. The number of aliphatic hydroxyl groups excluding tert-OH is 4. The van der Waals surface area contributed by atoms with Crippen LogP contribution in [-0.2, 0) is 23.7 Å². The van der Waals surface area contributed by atoms with E-state index in [0.29, 0.717) is 13.0 Å². The van der Waals surface area contributed by atoms with Crippen LogP contribution in [0.3, 0.4) is 0 Å². The molecule has 0 aromatic rings. The van der Waals surface area contributed by atoms with E-state index in [9.17, 15) is 25.2 Å². The first-order valence-electron chi connectivity index (χ1n) is 28.7. The molecule has 1 saturated heterocycles. The number of carbonyl (C=O) groups excluding carboxylic acids is 1. The van der Waals surface area contributed by atoms with Gasteiger partial charge in [0.05, 0.1) is 19.8 Å². The Balaban J connectivity index is 2.14. The Morgan fingerprint density at radius 2 is 0.897 bits per heavy atom. The summed E-state index contributed by atoms with van der Waals surface area (Å²) in [7, 11) is 0. The van der Waals surface area contributed by atoms with E-state index < -0.39 is 43.4 Å². The second kappa shape index (κ2) is 50.1. The van der Waals surface area contributed by atoms with E-state index in [0.717, 1.165) is 57.8 Å². The van der Waals surface area contributed by atoms with Gasteiger partial charge < -0.3 is 39.4 Å². The molecule has 1 fully saturated rings. The smallest absolute Gasteiger partial charge is 0.306 e. The van der Waals surface area contributed by atoms with Gasteiger partial charge in [0.1, 0.15) is 30.5 Å². The number of allylic oxidation sites excluding steroid dienone is 8. The van der Waals surface area contributed by atoms with Crippen molar-refractivity contribution in [2.24, 2.45) is 0 Å². The van der Waals surface area contributed by atoms with E-state index in [1.54, 1.807) is 0 Å². The number of hydrogen-bond donors (Lipinski definition) is 4. The molecule has 1 heterocycles. The molecule has 0 radical (unpaired) electrons. The molecule has 6 unspecified atom stereocenters. The summed E-state index contributed by atoms with van der Waals surface area (Å²) in [5, 5.41) is 40.3. The van der Waals surface area contributed by atoms with E-state index in [-0.39, 0.29) is 19.2 Å². The van der Waals surface area contributed by atoms with Crippen LogP contribution in [0.4, 0.5) is 0 Å². The van der Waals surface area contributed by atoms with Crippen molar-refractivity contribution >= 4 is 5.97 Å². The lowest BCUT2D eigenvalue weighted by atomic mass is 9.99. The average molecular weight is 962 g/mol. The predicted molar refractivity (Wildman–Crippen MR) is 284 cm³/mol. The van der Waals surface area contributed by atoms with Crippen LogP contribution in [0.25, 0.3) is 0 Å². The van der Waals surface area contributed by atoms with Crippen LogP contribution in [0.15, 0.2) is 48.6 Å². The highest BCUT2D eigenvalue weighted by Gasteiger charge is 2.44. The summed E-state index contributed by atoms with van der Waals surface area (Å²) in [6, 6.07) is 0. The minimum atomic E-state index is -1.54. The maximum Gasteiger partial charge on any atom is 0.306 e. The molecule has 0 aromatic carbocycles. The minimum absolute atomic E-state index is 0.111. The van der Waals surface area contributed by atoms with Crippen LogP contribution >= 0.6 is 0 Å². The summed E-state index contributed by atoms with van der Waals surface area (Å²) in [6.07, 6.45) is 57.3. The number of ether oxygens (including phenoxy) is 4. The lowest BCUT2D eigenvalue weighted by Gasteiger charge is -2.39. The maximum atomic E-state index is 12.9. The Morgan fingerprint density at radius 1 is 0.485 bits per heavy atom. The van der Waals surface area contributed by atoms with Gasteiger partial charge in [-0.05, 0) is 51.4 Å². The van der Waals surface area contributed by atoms with Crippen molar-refractivity contribution in [3.8, 4) is 0 Å². The number of carbonyl (C=O) groups is 1. The van der Waals surface area contributed by atoms with Crippen molar-refractivity contribution in [2.75, 3.05) is 26.4 Å². The van der Waals surface area contributed by atoms with Gasteiger partial charge in [0.25, 0.3) is 0 Å². The molecule has 0 amide bonds. The molecule has 0 aromatic heterocycles. The molecule has 4 N–H and O–H groups in total. The molecule has 1 aliphatic rings. The quantitative estimate of drug-likeness (QED) is 0.0267. The molecule has 398 valence electrons. The fraction of sp³-hybridized carbons (Fsp3) is 0.847. The van der Waals surface area contributed by atoms with Crippen LogP contribution < -0.4 is 0 Å². The Kier molecular flexibility index (Phi) is 47.3. The molecule has 6 atom stereocenters. The van der Waals surface area contributed by atoms with Gasteiger partial charge in [-0.2, -0.15) is 0 Å². The summed E-state index contributed by atoms with van der Waals surface area (Å²) in [4.78, 5) is 12.9. The maximum absolute atomic E-state index is 12.9. The number of aliphatic hydroxyl groups is 4. The van der Waals surface area contributed by atoms with Gasteiger partial charge in [0.2, 0.25) is 0 Å². The first kappa shape index (κ1) is 64.2. The van der Waals surface area contributed by atoms with Gasteiger partial charge in [-0.25, -0.2) is 0 Å². The summed E-state index contributed by atoms with van der Waals surface area (Å²) in [5.74, 6) is -0.309. The van der Waals surface area contributed by atoms with E-state index >= 15 is 0 Å². The predicted octanol–water partition coefficient (Wildman–Crippen LogP) is 14.8. The van der Waals surface area contributed by atoms with E-state index in [2.05, 4.69) is 62.5 Å². The average Bonchev–Trinajstić information content (AvgIpc) is 3.34. The lowest BCUT2D eigenvalue weighted by Crippen LogP contribution is -2.59. The highest BCUT2D eigenvalue weighted by molar-refractivity contribution is 5.69. The Hall–Kier alpha value is -1.85. The van der Waals surface area contributed by atoms with Gasteiger partial charge in [-0.15, -0.1) is 0 Å². The number of esters is 1. The molecule has 9 heteroatoms. The normalized spacial score (nSPS) is 19.4. The van der Waals surface area contributed by atoms with Gasteiger partial charge in [0, 0.05) is 13.0 Å². The Bertz CT molecular complexity index is 1180. The van der Waals surface area contributed by atoms with Crippen LogP contribution in [0, 0.1) is 0 Å². The molecule has 9 nitrogen and oxygen atoms in total. The van der Waals surface area contributed by atoms with Crippen molar-refractivity contribution in [3.05, 3.63) is 48.6 Å². The largest absolute Gasteiger partial charge is 0.457 e. The minimum Gasteiger partial charge on any atom is -0.457 e. The fourth-order valence-electron chi connectivity index (χ4n) is 8.84. The molecular formula is C59H108O9. The third-order valence-electron chi connectivity index (χ3n) is 13.3. The van der Waals surface area contributed by atoms with Crippen LogP contribution in [0.5, 0.6) is 0 Å². The summed E-state index contributed by atoms with van der Waals surface area (Å²) < 4.78 is 23.0. The summed E-state index contributed by atoms with van der Waals surface area (Å²) >= 11 is 0. The van der Waals surface area contributed by atoms with E-state index in [1.165, 1.54) is 180 Å². The highest BCUT2D eigenvalue weighted by Crippen LogP contribution is 2.23. The van der Waals surface area contributed by atoms with Gasteiger partial charge in [-0.3, -0.25) is 4.79 Å². The third-order valence-corrected chi connectivity index (χ3v) is 13.3. The van der Waals surface area contributed by atoms with Crippen molar-refractivity contribution in [1.82, 2.24) is 0 Å². The first-order valence-corrected chi connectivity index (χ1v) is 28.7. The van der Waals surface area contributed by atoms with Gasteiger partial charge >= 0.3 is 5.97 Å². The Morgan fingerprint density at radius 3 is 1.35 bits per heavy atom. The molecular weight excluding hydrogens is 853 g/mol. The fourth-order valence-corrected chi connectivity index (χ4v) is 8.84.